The van der Waals surface area contributed by atoms with Crippen LogP contribution in [0.5, 0.6) is 0 Å². The third-order valence-electron chi connectivity index (χ3n) is 5.26. The summed E-state index contributed by atoms with van der Waals surface area (Å²) in [5.74, 6) is -0.0965. The minimum Gasteiger partial charge on any atom is -0.462 e. The lowest BCUT2D eigenvalue weighted by atomic mass is 10.2. The number of aryl methyl sites for hydroxylation is 2. The highest BCUT2D eigenvalue weighted by molar-refractivity contribution is 7.92. The van der Waals surface area contributed by atoms with Crippen molar-refractivity contribution in [3.63, 3.8) is 0 Å². The molecule has 0 aliphatic heterocycles. The fraction of sp³-hybridized carbons (Fsp3) is 0.192. The van der Waals surface area contributed by atoms with Crippen LogP contribution in [0.4, 0.5) is 17.3 Å². The number of benzene rings is 3. The highest BCUT2D eigenvalue weighted by Gasteiger charge is 2.21. The summed E-state index contributed by atoms with van der Waals surface area (Å²) < 4.78 is 34.3. The van der Waals surface area contributed by atoms with E-state index in [0.717, 1.165) is 12.0 Å². The van der Waals surface area contributed by atoms with Crippen LogP contribution in [0.1, 0.15) is 34.8 Å². The van der Waals surface area contributed by atoms with Crippen molar-refractivity contribution in [2.75, 3.05) is 16.6 Å². The van der Waals surface area contributed by atoms with Gasteiger partial charge < -0.3 is 10.1 Å². The second kappa shape index (κ2) is 10.1. The molecule has 0 fully saturated rings. The first-order valence-corrected chi connectivity index (χ1v) is 12.7. The molecule has 1 heterocycles. The first kappa shape index (κ1) is 24.2. The number of hydrogen-bond acceptors (Lipinski definition) is 7. The normalized spacial score (nSPS) is 11.3. The Morgan fingerprint density at radius 2 is 1.57 bits per heavy atom. The number of ether oxygens (including phenoxy) is 1. The van der Waals surface area contributed by atoms with Crippen molar-refractivity contribution in [1.29, 1.82) is 0 Å². The molecular weight excluding hydrogens is 464 g/mol. The summed E-state index contributed by atoms with van der Waals surface area (Å²) in [5, 5.41) is 3.12. The van der Waals surface area contributed by atoms with Gasteiger partial charge in [-0.05, 0) is 73.9 Å². The molecule has 0 aliphatic rings. The molecule has 2 N–H and O–H groups in total. The Morgan fingerprint density at radius 1 is 0.914 bits per heavy atom. The Kier molecular flexibility index (Phi) is 6.97. The van der Waals surface area contributed by atoms with Gasteiger partial charge in [-0.2, -0.15) is 0 Å². The van der Waals surface area contributed by atoms with E-state index in [1.54, 1.807) is 55.5 Å². The summed E-state index contributed by atoms with van der Waals surface area (Å²) in [4.78, 5) is 21.4. The lowest BCUT2D eigenvalue weighted by Gasteiger charge is -2.15. The average Bonchev–Trinajstić information content (AvgIpc) is 2.84. The number of carbonyl (C=O) groups is 1. The van der Waals surface area contributed by atoms with E-state index in [4.69, 9.17) is 4.74 Å². The van der Waals surface area contributed by atoms with Gasteiger partial charge in [-0.25, -0.2) is 23.2 Å². The van der Waals surface area contributed by atoms with Gasteiger partial charge in [-0.1, -0.05) is 31.2 Å². The number of carbonyl (C=O) groups excluding carboxylic acids is 1. The number of sulfonamides is 1. The van der Waals surface area contributed by atoms with Crippen LogP contribution in [0.2, 0.25) is 0 Å². The van der Waals surface area contributed by atoms with Crippen LogP contribution in [-0.4, -0.2) is 31.0 Å². The standard InChI is InChI=1S/C26H26N4O4S/c1-4-15-34-26(31)19-11-13-20(14-12-19)27-24-25(29-22-8-6-5-7-21(22)28-24)30-35(32,33)23-16-17(2)9-10-18(23)3/h5-14,16H,4,15H2,1-3H3,(H,27,28)(H,29,30). The molecule has 35 heavy (non-hydrogen) atoms. The first-order chi connectivity index (χ1) is 16.8. The van der Waals surface area contributed by atoms with Crippen molar-refractivity contribution in [2.45, 2.75) is 32.1 Å². The lowest BCUT2D eigenvalue weighted by molar-refractivity contribution is 0.0505. The quantitative estimate of drug-likeness (QED) is 0.320. The minimum absolute atomic E-state index is 0.0658. The van der Waals surface area contributed by atoms with E-state index in [0.29, 0.717) is 34.5 Å². The monoisotopic (exact) mass is 490 g/mol. The molecule has 4 aromatic rings. The van der Waals surface area contributed by atoms with Crippen LogP contribution in [0.3, 0.4) is 0 Å². The largest absolute Gasteiger partial charge is 0.462 e. The lowest BCUT2D eigenvalue weighted by Crippen LogP contribution is -2.17. The zero-order valence-electron chi connectivity index (χ0n) is 19.7. The third kappa shape index (κ3) is 5.58. The van der Waals surface area contributed by atoms with Gasteiger partial charge in [0.1, 0.15) is 0 Å². The molecule has 0 bridgehead atoms. The highest BCUT2D eigenvalue weighted by Crippen LogP contribution is 2.28. The zero-order chi connectivity index (χ0) is 25.0. The number of esters is 1. The third-order valence-corrected chi connectivity index (χ3v) is 6.74. The second-order valence-electron chi connectivity index (χ2n) is 8.12. The molecule has 0 saturated heterocycles. The summed E-state index contributed by atoms with van der Waals surface area (Å²) in [5.41, 5.74) is 3.63. The number of hydrogen-bond donors (Lipinski definition) is 2. The van der Waals surface area contributed by atoms with E-state index in [9.17, 15) is 13.2 Å². The Labute approximate surface area is 204 Å². The maximum Gasteiger partial charge on any atom is 0.338 e. The number of nitrogens with one attached hydrogen (secondary N) is 2. The molecule has 0 saturated carbocycles. The molecule has 1 aromatic heterocycles. The minimum atomic E-state index is -3.93. The van der Waals surface area contributed by atoms with Crippen LogP contribution in [0.25, 0.3) is 11.0 Å². The molecule has 0 radical (unpaired) electrons. The van der Waals surface area contributed by atoms with Crippen LogP contribution < -0.4 is 10.0 Å². The fourth-order valence-corrected chi connectivity index (χ4v) is 4.78. The fourth-order valence-electron chi connectivity index (χ4n) is 3.44. The summed E-state index contributed by atoms with van der Waals surface area (Å²) in [6.07, 6.45) is 0.743. The highest BCUT2D eigenvalue weighted by atomic mass is 32.2. The summed E-state index contributed by atoms with van der Waals surface area (Å²) in [7, 11) is -3.93. The van der Waals surface area contributed by atoms with Gasteiger partial charge in [0.05, 0.1) is 28.1 Å². The Balaban J connectivity index is 1.69. The molecular formula is C26H26N4O4S. The van der Waals surface area contributed by atoms with Crippen molar-refractivity contribution in [3.8, 4) is 0 Å². The zero-order valence-corrected chi connectivity index (χ0v) is 20.5. The van der Waals surface area contributed by atoms with Crippen molar-refractivity contribution in [3.05, 3.63) is 83.4 Å². The second-order valence-corrected chi connectivity index (χ2v) is 9.77. The SMILES string of the molecule is CCCOC(=O)c1ccc(Nc2nc3ccccc3nc2NS(=O)(=O)c2cc(C)ccc2C)cc1. The molecule has 4 rings (SSSR count). The van der Waals surface area contributed by atoms with Crippen molar-refractivity contribution in [1.82, 2.24) is 9.97 Å². The number of rotatable bonds is 8. The van der Waals surface area contributed by atoms with E-state index in [-0.39, 0.29) is 16.5 Å². The Hall–Kier alpha value is -3.98. The molecule has 3 aromatic carbocycles. The van der Waals surface area contributed by atoms with E-state index in [1.165, 1.54) is 0 Å². The maximum absolute atomic E-state index is 13.3. The van der Waals surface area contributed by atoms with Crippen LogP contribution in [0.15, 0.2) is 71.6 Å². The van der Waals surface area contributed by atoms with E-state index in [2.05, 4.69) is 20.0 Å². The molecule has 0 atom stereocenters. The molecule has 8 nitrogen and oxygen atoms in total. The first-order valence-electron chi connectivity index (χ1n) is 11.2. The number of anilines is 3. The van der Waals surface area contributed by atoms with Crippen LogP contribution >= 0.6 is 0 Å². The molecule has 0 spiro atoms. The van der Waals surface area contributed by atoms with Gasteiger partial charge in [0.2, 0.25) is 0 Å². The maximum atomic E-state index is 13.3. The van der Waals surface area contributed by atoms with E-state index in [1.807, 2.05) is 32.0 Å². The Bertz CT molecular complexity index is 1490. The molecule has 0 aliphatic carbocycles. The number of nitrogens with zero attached hydrogens (tertiary/aromatic N) is 2. The summed E-state index contributed by atoms with van der Waals surface area (Å²) in [6, 6.07) is 19.1. The van der Waals surface area contributed by atoms with Gasteiger partial charge in [0.25, 0.3) is 10.0 Å². The van der Waals surface area contributed by atoms with E-state index >= 15 is 0 Å². The molecule has 180 valence electrons. The number of fused-ring (bicyclic) bond motifs is 1. The summed E-state index contributed by atoms with van der Waals surface area (Å²) in [6.45, 7) is 5.86. The number of aromatic nitrogens is 2. The van der Waals surface area contributed by atoms with Gasteiger partial charge >= 0.3 is 5.97 Å². The topological polar surface area (TPSA) is 110 Å². The van der Waals surface area contributed by atoms with Crippen molar-refractivity contribution < 1.29 is 17.9 Å². The van der Waals surface area contributed by atoms with Crippen LogP contribution in [0, 0.1) is 13.8 Å². The summed E-state index contributed by atoms with van der Waals surface area (Å²) >= 11 is 0. The molecule has 9 heteroatoms. The van der Waals surface area contributed by atoms with Gasteiger partial charge in [0.15, 0.2) is 11.6 Å². The van der Waals surface area contributed by atoms with Crippen LogP contribution in [-0.2, 0) is 14.8 Å². The molecule has 0 amide bonds. The predicted molar refractivity (Wildman–Crippen MR) is 137 cm³/mol. The van der Waals surface area contributed by atoms with Crippen molar-refractivity contribution >= 4 is 44.3 Å². The van der Waals surface area contributed by atoms with Crippen molar-refractivity contribution in [2.24, 2.45) is 0 Å². The number of para-hydroxylation sites is 2. The van der Waals surface area contributed by atoms with Gasteiger partial charge in [0, 0.05) is 5.69 Å². The van der Waals surface area contributed by atoms with Gasteiger partial charge in [-0.3, -0.25) is 4.72 Å². The smallest absolute Gasteiger partial charge is 0.338 e. The average molecular weight is 491 g/mol. The van der Waals surface area contributed by atoms with Gasteiger partial charge in [-0.15, -0.1) is 0 Å². The predicted octanol–water partition coefficient (Wildman–Crippen LogP) is 5.36. The Morgan fingerprint density at radius 3 is 2.23 bits per heavy atom. The molecule has 0 unspecified atom stereocenters. The van der Waals surface area contributed by atoms with E-state index < -0.39 is 16.0 Å².